The number of likely N-dealkylation sites (tertiary alicyclic amines) is 1. The van der Waals surface area contributed by atoms with E-state index in [1.807, 2.05) is 50.4 Å². The van der Waals surface area contributed by atoms with Crippen LogP contribution in [-0.2, 0) is 11.2 Å². The van der Waals surface area contributed by atoms with Crippen LogP contribution in [0.2, 0.25) is 0 Å². The standard InChI is InChI=1S/C21H27N3O2/c1-3-26-20-15-24(2)14-19(20)23-21(25)22-18-11-7-10-17(13-18)12-16-8-5-4-6-9-16/h4-11,13,19-20H,3,12,14-15H2,1-2H3,(H2,22,23,25)/t19-,20-/m1/s1. The molecule has 26 heavy (non-hydrogen) atoms. The average Bonchev–Trinajstić information content (AvgIpc) is 2.95. The van der Waals surface area contributed by atoms with Gasteiger partial charge < -0.3 is 20.3 Å². The number of ether oxygens (including phenoxy) is 1. The van der Waals surface area contributed by atoms with Gasteiger partial charge in [-0.3, -0.25) is 0 Å². The maximum atomic E-state index is 12.4. The van der Waals surface area contributed by atoms with E-state index in [4.69, 9.17) is 4.74 Å². The molecule has 1 aliphatic rings. The molecule has 1 saturated heterocycles. The van der Waals surface area contributed by atoms with Crippen molar-refractivity contribution in [1.82, 2.24) is 10.2 Å². The van der Waals surface area contributed by atoms with Gasteiger partial charge in [-0.25, -0.2) is 4.79 Å². The van der Waals surface area contributed by atoms with E-state index < -0.39 is 0 Å². The normalized spacial score (nSPS) is 20.1. The maximum absolute atomic E-state index is 12.4. The van der Waals surface area contributed by atoms with Crippen molar-refractivity contribution in [3.05, 3.63) is 65.7 Å². The van der Waals surface area contributed by atoms with Crippen LogP contribution < -0.4 is 10.6 Å². The summed E-state index contributed by atoms with van der Waals surface area (Å²) >= 11 is 0. The molecule has 1 aliphatic heterocycles. The zero-order valence-corrected chi connectivity index (χ0v) is 15.4. The Labute approximate surface area is 155 Å². The van der Waals surface area contributed by atoms with Gasteiger partial charge in [-0.15, -0.1) is 0 Å². The first kappa shape index (κ1) is 18.4. The molecule has 1 heterocycles. The molecule has 138 valence electrons. The first-order chi connectivity index (χ1) is 12.6. The highest BCUT2D eigenvalue weighted by Gasteiger charge is 2.32. The maximum Gasteiger partial charge on any atom is 0.319 e. The van der Waals surface area contributed by atoms with Gasteiger partial charge in [-0.1, -0.05) is 42.5 Å². The second kappa shape index (κ2) is 8.83. The van der Waals surface area contributed by atoms with Crippen molar-refractivity contribution in [3.8, 4) is 0 Å². The number of nitrogens with zero attached hydrogens (tertiary/aromatic N) is 1. The van der Waals surface area contributed by atoms with Crippen molar-refractivity contribution in [2.24, 2.45) is 0 Å². The molecule has 1 fully saturated rings. The third-order valence-corrected chi connectivity index (χ3v) is 4.58. The summed E-state index contributed by atoms with van der Waals surface area (Å²) in [6, 6.07) is 18.1. The molecule has 2 amide bonds. The van der Waals surface area contributed by atoms with Crippen molar-refractivity contribution >= 4 is 11.7 Å². The summed E-state index contributed by atoms with van der Waals surface area (Å²) in [5.74, 6) is 0. The van der Waals surface area contributed by atoms with E-state index >= 15 is 0 Å². The number of likely N-dealkylation sites (N-methyl/N-ethyl adjacent to an activating group) is 1. The van der Waals surface area contributed by atoms with Crippen LogP contribution in [0.3, 0.4) is 0 Å². The fourth-order valence-electron chi connectivity index (χ4n) is 3.41. The van der Waals surface area contributed by atoms with E-state index in [1.165, 1.54) is 11.1 Å². The lowest BCUT2D eigenvalue weighted by Gasteiger charge is -2.20. The molecule has 0 radical (unpaired) electrons. The van der Waals surface area contributed by atoms with Gasteiger partial charge in [0.25, 0.3) is 0 Å². The molecule has 0 aromatic heterocycles. The monoisotopic (exact) mass is 353 g/mol. The molecular weight excluding hydrogens is 326 g/mol. The van der Waals surface area contributed by atoms with Crippen LogP contribution in [0.15, 0.2) is 54.6 Å². The predicted octanol–water partition coefficient (Wildman–Crippen LogP) is 3.12. The lowest BCUT2D eigenvalue weighted by Crippen LogP contribution is -2.45. The molecule has 0 spiro atoms. The van der Waals surface area contributed by atoms with Crippen LogP contribution in [0.4, 0.5) is 10.5 Å². The van der Waals surface area contributed by atoms with Crippen molar-refractivity contribution in [2.45, 2.75) is 25.5 Å². The van der Waals surface area contributed by atoms with Crippen LogP contribution in [0.25, 0.3) is 0 Å². The Morgan fingerprint density at radius 2 is 1.88 bits per heavy atom. The molecule has 0 bridgehead atoms. The number of nitrogens with one attached hydrogen (secondary N) is 2. The molecule has 0 saturated carbocycles. The Morgan fingerprint density at radius 1 is 1.12 bits per heavy atom. The number of amides is 2. The summed E-state index contributed by atoms with van der Waals surface area (Å²) in [6.45, 7) is 4.27. The van der Waals surface area contributed by atoms with Crippen molar-refractivity contribution in [2.75, 3.05) is 32.1 Å². The predicted molar refractivity (Wildman–Crippen MR) is 105 cm³/mol. The fraction of sp³-hybridized carbons (Fsp3) is 0.381. The Bertz CT molecular complexity index is 720. The molecule has 0 aliphatic carbocycles. The van der Waals surface area contributed by atoms with Crippen molar-refractivity contribution in [1.29, 1.82) is 0 Å². The Hall–Kier alpha value is -2.37. The summed E-state index contributed by atoms with van der Waals surface area (Å²) in [4.78, 5) is 14.6. The largest absolute Gasteiger partial charge is 0.375 e. The van der Waals surface area contributed by atoms with E-state index in [-0.39, 0.29) is 18.2 Å². The van der Waals surface area contributed by atoms with E-state index in [1.54, 1.807) is 0 Å². The van der Waals surface area contributed by atoms with E-state index in [0.29, 0.717) is 6.61 Å². The van der Waals surface area contributed by atoms with E-state index in [9.17, 15) is 4.79 Å². The Morgan fingerprint density at radius 3 is 2.65 bits per heavy atom. The zero-order chi connectivity index (χ0) is 18.4. The van der Waals surface area contributed by atoms with Gasteiger partial charge in [0.1, 0.15) is 0 Å². The molecule has 3 rings (SSSR count). The number of anilines is 1. The van der Waals surface area contributed by atoms with Crippen LogP contribution in [-0.4, -0.2) is 49.8 Å². The molecule has 2 atom stereocenters. The number of benzene rings is 2. The van der Waals surface area contributed by atoms with Crippen LogP contribution in [0.5, 0.6) is 0 Å². The molecular formula is C21H27N3O2. The number of carbonyl (C=O) groups excluding carboxylic acids is 1. The second-order valence-electron chi connectivity index (χ2n) is 6.78. The van der Waals surface area contributed by atoms with Crippen molar-refractivity contribution in [3.63, 3.8) is 0 Å². The lowest BCUT2D eigenvalue weighted by atomic mass is 10.0. The Kier molecular flexibility index (Phi) is 6.26. The lowest BCUT2D eigenvalue weighted by molar-refractivity contribution is 0.0568. The zero-order valence-electron chi connectivity index (χ0n) is 15.4. The van der Waals surface area contributed by atoms with E-state index in [0.717, 1.165) is 25.2 Å². The van der Waals surface area contributed by atoms with Crippen LogP contribution >= 0.6 is 0 Å². The summed E-state index contributed by atoms with van der Waals surface area (Å²) in [6.07, 6.45) is 0.887. The third kappa shape index (κ3) is 5.07. The summed E-state index contributed by atoms with van der Waals surface area (Å²) in [5, 5.41) is 5.99. The average molecular weight is 353 g/mol. The van der Waals surface area contributed by atoms with Gasteiger partial charge in [-0.05, 0) is 43.7 Å². The second-order valence-corrected chi connectivity index (χ2v) is 6.78. The molecule has 2 aromatic carbocycles. The highest BCUT2D eigenvalue weighted by atomic mass is 16.5. The van der Waals surface area contributed by atoms with Gasteiger partial charge in [0.15, 0.2) is 0 Å². The third-order valence-electron chi connectivity index (χ3n) is 4.58. The Balaban J connectivity index is 1.58. The smallest absolute Gasteiger partial charge is 0.319 e. The van der Waals surface area contributed by atoms with Crippen molar-refractivity contribution < 1.29 is 9.53 Å². The number of urea groups is 1. The molecule has 0 unspecified atom stereocenters. The molecule has 5 heteroatoms. The number of rotatable bonds is 6. The fourth-order valence-corrected chi connectivity index (χ4v) is 3.41. The van der Waals surface area contributed by atoms with Gasteiger partial charge in [0.2, 0.25) is 0 Å². The minimum atomic E-state index is -0.188. The number of hydrogen-bond donors (Lipinski definition) is 2. The van der Waals surface area contributed by atoms with Gasteiger partial charge in [0.05, 0.1) is 12.1 Å². The van der Waals surface area contributed by atoms with Gasteiger partial charge in [0, 0.05) is 25.4 Å². The highest BCUT2D eigenvalue weighted by Crippen LogP contribution is 2.16. The van der Waals surface area contributed by atoms with Gasteiger partial charge in [-0.2, -0.15) is 0 Å². The topological polar surface area (TPSA) is 53.6 Å². The number of carbonyl (C=O) groups is 1. The van der Waals surface area contributed by atoms with Crippen LogP contribution in [0.1, 0.15) is 18.1 Å². The summed E-state index contributed by atoms with van der Waals surface area (Å²) in [5.41, 5.74) is 3.22. The molecule has 2 N–H and O–H groups in total. The minimum Gasteiger partial charge on any atom is -0.375 e. The summed E-state index contributed by atoms with van der Waals surface area (Å²) in [7, 11) is 2.04. The first-order valence-electron chi connectivity index (χ1n) is 9.14. The SMILES string of the molecule is CCO[C@@H]1CN(C)C[C@H]1NC(=O)Nc1cccc(Cc2ccccc2)c1. The highest BCUT2D eigenvalue weighted by molar-refractivity contribution is 5.89. The van der Waals surface area contributed by atoms with Crippen LogP contribution in [0, 0.1) is 0 Å². The minimum absolute atomic E-state index is 0.00690. The molecule has 5 nitrogen and oxygen atoms in total. The number of hydrogen-bond acceptors (Lipinski definition) is 3. The first-order valence-corrected chi connectivity index (χ1v) is 9.14. The van der Waals surface area contributed by atoms with E-state index in [2.05, 4.69) is 33.7 Å². The molecule has 2 aromatic rings. The van der Waals surface area contributed by atoms with Gasteiger partial charge >= 0.3 is 6.03 Å². The summed E-state index contributed by atoms with van der Waals surface area (Å²) < 4.78 is 5.74. The quantitative estimate of drug-likeness (QED) is 0.839.